The van der Waals surface area contributed by atoms with Gasteiger partial charge in [-0.25, -0.2) is 4.79 Å². The monoisotopic (exact) mass is 222 g/mol. The largest absolute Gasteiger partial charge is 0.461 e. The summed E-state index contributed by atoms with van der Waals surface area (Å²) in [6, 6.07) is 1.64. The molecule has 1 heterocycles. The van der Waals surface area contributed by atoms with Crippen LogP contribution in [0.15, 0.2) is 12.3 Å². The van der Waals surface area contributed by atoms with E-state index >= 15 is 0 Å². The molecule has 1 aromatic rings. The van der Waals surface area contributed by atoms with E-state index in [4.69, 9.17) is 10.5 Å². The summed E-state index contributed by atoms with van der Waals surface area (Å²) in [6.45, 7) is 0.522. The number of rotatable bonds is 4. The van der Waals surface area contributed by atoms with Crippen molar-refractivity contribution in [2.24, 2.45) is 13.0 Å². The van der Waals surface area contributed by atoms with Gasteiger partial charge < -0.3 is 15.0 Å². The minimum Gasteiger partial charge on any atom is -0.461 e. The number of carbonyl (C=O) groups is 1. The van der Waals surface area contributed by atoms with Crippen LogP contribution in [0.25, 0.3) is 0 Å². The predicted molar refractivity (Wildman–Crippen MR) is 62.1 cm³/mol. The number of ether oxygens (including phenoxy) is 1. The van der Waals surface area contributed by atoms with Crippen molar-refractivity contribution in [3.8, 4) is 0 Å². The molecule has 4 nitrogen and oxygen atoms in total. The Balaban J connectivity index is 1.80. The zero-order chi connectivity index (χ0) is 11.5. The predicted octanol–water partition coefficient (Wildman–Crippen LogP) is 1.95. The van der Waals surface area contributed by atoms with Crippen molar-refractivity contribution in [3.05, 3.63) is 18.0 Å². The van der Waals surface area contributed by atoms with Gasteiger partial charge in [-0.15, -0.1) is 0 Å². The highest BCUT2D eigenvalue weighted by Crippen LogP contribution is 2.29. The second kappa shape index (κ2) is 4.60. The van der Waals surface area contributed by atoms with E-state index in [2.05, 4.69) is 0 Å². The van der Waals surface area contributed by atoms with Gasteiger partial charge in [0.2, 0.25) is 0 Å². The lowest BCUT2D eigenvalue weighted by Crippen LogP contribution is -2.16. The van der Waals surface area contributed by atoms with Crippen LogP contribution in [0.3, 0.4) is 0 Å². The molecule has 4 heteroatoms. The number of carbonyl (C=O) groups excluding carboxylic acids is 1. The molecule has 1 fully saturated rings. The van der Waals surface area contributed by atoms with Gasteiger partial charge in [-0.05, 0) is 18.4 Å². The maximum atomic E-state index is 11.7. The average molecular weight is 222 g/mol. The summed E-state index contributed by atoms with van der Waals surface area (Å²) < 4.78 is 6.91. The molecular formula is C12H18N2O2. The first-order chi connectivity index (χ1) is 7.66. The van der Waals surface area contributed by atoms with Crippen LogP contribution < -0.4 is 5.73 Å². The van der Waals surface area contributed by atoms with E-state index in [1.54, 1.807) is 23.9 Å². The summed E-state index contributed by atoms with van der Waals surface area (Å²) in [5.74, 6) is 0.491. The number of hydrogen-bond acceptors (Lipinski definition) is 3. The molecule has 0 aliphatic heterocycles. The molecule has 0 amide bonds. The zero-order valence-corrected chi connectivity index (χ0v) is 9.61. The van der Waals surface area contributed by atoms with Gasteiger partial charge in [-0.1, -0.05) is 19.3 Å². The summed E-state index contributed by atoms with van der Waals surface area (Å²) in [5.41, 5.74) is 6.71. The topological polar surface area (TPSA) is 57.2 Å². The molecule has 1 aliphatic carbocycles. The fourth-order valence-electron chi connectivity index (χ4n) is 1.97. The van der Waals surface area contributed by atoms with E-state index in [-0.39, 0.29) is 5.97 Å². The molecule has 0 bridgehead atoms. The number of anilines is 1. The van der Waals surface area contributed by atoms with Gasteiger partial charge in [0.25, 0.3) is 0 Å². The van der Waals surface area contributed by atoms with E-state index < -0.39 is 0 Å². The van der Waals surface area contributed by atoms with Crippen molar-refractivity contribution in [2.45, 2.75) is 25.7 Å². The zero-order valence-electron chi connectivity index (χ0n) is 9.61. The van der Waals surface area contributed by atoms with Crippen LogP contribution >= 0.6 is 0 Å². The molecule has 0 spiro atoms. The molecule has 1 aromatic heterocycles. The Morgan fingerprint density at radius 2 is 2.38 bits per heavy atom. The normalized spacial score (nSPS) is 15.8. The Morgan fingerprint density at radius 1 is 1.62 bits per heavy atom. The Labute approximate surface area is 95.4 Å². The van der Waals surface area contributed by atoms with E-state index in [1.165, 1.54) is 19.3 Å². The van der Waals surface area contributed by atoms with Crippen LogP contribution in [0.4, 0.5) is 5.69 Å². The lowest BCUT2D eigenvalue weighted by molar-refractivity contribution is 0.0453. The third kappa shape index (κ3) is 2.38. The summed E-state index contributed by atoms with van der Waals surface area (Å²) >= 11 is 0. The van der Waals surface area contributed by atoms with Gasteiger partial charge in [-0.2, -0.15) is 0 Å². The standard InChI is InChI=1S/C12H18N2O2/c1-14-8-10(13)7-11(14)12(15)16-6-5-9-3-2-4-9/h7-9H,2-6,13H2,1H3. The molecule has 0 saturated heterocycles. The molecule has 1 saturated carbocycles. The molecule has 2 rings (SSSR count). The van der Waals surface area contributed by atoms with Crippen molar-refractivity contribution in [2.75, 3.05) is 12.3 Å². The first-order valence-electron chi connectivity index (χ1n) is 5.76. The second-order valence-electron chi connectivity index (χ2n) is 4.49. The molecular weight excluding hydrogens is 204 g/mol. The molecule has 0 unspecified atom stereocenters. The lowest BCUT2D eigenvalue weighted by atomic mass is 9.83. The lowest BCUT2D eigenvalue weighted by Gasteiger charge is -2.24. The fraction of sp³-hybridized carbons (Fsp3) is 0.583. The maximum Gasteiger partial charge on any atom is 0.355 e. The Kier molecular flexibility index (Phi) is 3.17. The van der Waals surface area contributed by atoms with E-state index in [1.807, 2.05) is 0 Å². The number of nitrogens with two attached hydrogens (primary N) is 1. The molecule has 88 valence electrons. The molecule has 0 atom stereocenters. The van der Waals surface area contributed by atoms with E-state index in [9.17, 15) is 4.79 Å². The highest BCUT2D eigenvalue weighted by atomic mass is 16.5. The number of hydrogen-bond donors (Lipinski definition) is 1. The molecule has 0 aromatic carbocycles. The smallest absolute Gasteiger partial charge is 0.355 e. The van der Waals surface area contributed by atoms with Crippen LogP contribution in [0, 0.1) is 5.92 Å². The van der Waals surface area contributed by atoms with E-state index in [0.29, 0.717) is 18.0 Å². The second-order valence-corrected chi connectivity index (χ2v) is 4.49. The number of nitrogen functional groups attached to an aromatic ring is 1. The van der Waals surface area contributed by atoms with Gasteiger partial charge in [0.1, 0.15) is 5.69 Å². The summed E-state index contributed by atoms with van der Waals surface area (Å²) in [7, 11) is 1.79. The minimum atomic E-state index is -0.279. The van der Waals surface area contributed by atoms with Crippen molar-refractivity contribution in [1.29, 1.82) is 0 Å². The molecule has 16 heavy (non-hydrogen) atoms. The quantitative estimate of drug-likeness (QED) is 0.792. The van der Waals surface area contributed by atoms with E-state index in [0.717, 1.165) is 12.3 Å². The number of esters is 1. The van der Waals surface area contributed by atoms with Crippen LogP contribution in [0.5, 0.6) is 0 Å². The first-order valence-corrected chi connectivity index (χ1v) is 5.76. The first kappa shape index (κ1) is 11.0. The third-order valence-electron chi connectivity index (χ3n) is 3.22. The minimum absolute atomic E-state index is 0.279. The van der Waals surface area contributed by atoms with Gasteiger partial charge in [0, 0.05) is 13.2 Å². The summed E-state index contributed by atoms with van der Waals surface area (Å²) in [6.07, 6.45) is 6.60. The van der Waals surface area contributed by atoms with Gasteiger partial charge in [-0.3, -0.25) is 0 Å². The van der Waals surface area contributed by atoms with Crippen LogP contribution in [0.1, 0.15) is 36.2 Å². The molecule has 0 radical (unpaired) electrons. The van der Waals surface area contributed by atoms with Crippen LogP contribution in [0.2, 0.25) is 0 Å². The fourth-order valence-corrected chi connectivity index (χ4v) is 1.97. The van der Waals surface area contributed by atoms with Gasteiger partial charge in [0.15, 0.2) is 0 Å². The highest BCUT2D eigenvalue weighted by Gasteiger charge is 2.18. The van der Waals surface area contributed by atoms with Crippen LogP contribution in [-0.2, 0) is 11.8 Å². The Hall–Kier alpha value is -1.45. The highest BCUT2D eigenvalue weighted by molar-refractivity contribution is 5.89. The average Bonchev–Trinajstić information content (AvgIpc) is 2.49. The van der Waals surface area contributed by atoms with Gasteiger partial charge in [0.05, 0.1) is 12.3 Å². The summed E-state index contributed by atoms with van der Waals surface area (Å²) in [5, 5.41) is 0. The number of aromatic nitrogens is 1. The van der Waals surface area contributed by atoms with Crippen molar-refractivity contribution >= 4 is 11.7 Å². The third-order valence-corrected chi connectivity index (χ3v) is 3.22. The maximum absolute atomic E-state index is 11.7. The number of aryl methyl sites for hydroxylation is 1. The molecule has 2 N–H and O–H groups in total. The van der Waals surface area contributed by atoms with Crippen molar-refractivity contribution in [1.82, 2.24) is 4.57 Å². The Morgan fingerprint density at radius 3 is 2.88 bits per heavy atom. The van der Waals surface area contributed by atoms with Crippen molar-refractivity contribution in [3.63, 3.8) is 0 Å². The SMILES string of the molecule is Cn1cc(N)cc1C(=O)OCCC1CCC1. The Bertz CT molecular complexity index is 380. The van der Waals surface area contributed by atoms with Crippen molar-refractivity contribution < 1.29 is 9.53 Å². The summed E-state index contributed by atoms with van der Waals surface area (Å²) in [4.78, 5) is 11.7. The number of nitrogens with zero attached hydrogens (tertiary/aromatic N) is 1. The van der Waals surface area contributed by atoms with Gasteiger partial charge >= 0.3 is 5.97 Å². The van der Waals surface area contributed by atoms with Crippen LogP contribution in [-0.4, -0.2) is 17.1 Å². The molecule has 1 aliphatic rings.